The number of anilines is 2. The first-order valence-corrected chi connectivity index (χ1v) is 10.5. The molecule has 0 fully saturated rings. The summed E-state index contributed by atoms with van der Waals surface area (Å²) in [5, 5.41) is 7.58. The van der Waals surface area contributed by atoms with Gasteiger partial charge in [0.25, 0.3) is 0 Å². The van der Waals surface area contributed by atoms with Crippen molar-refractivity contribution in [3.8, 4) is 0 Å². The number of aryl methyl sites for hydroxylation is 2. The predicted octanol–water partition coefficient (Wildman–Crippen LogP) is 7.31. The van der Waals surface area contributed by atoms with E-state index >= 15 is 0 Å². The monoisotopic (exact) mass is 392 g/mol. The number of benzene rings is 4. The normalized spacial score (nSPS) is 12.7. The maximum Gasteiger partial charge on any atom is 0.0757 e. The van der Waals surface area contributed by atoms with Gasteiger partial charge in [-0.2, -0.15) is 0 Å². The highest BCUT2D eigenvalue weighted by atomic mass is 15.0. The van der Waals surface area contributed by atoms with Crippen molar-refractivity contribution < 1.29 is 0 Å². The average molecular weight is 393 g/mol. The molecule has 2 unspecified atom stereocenters. The van der Waals surface area contributed by atoms with Crippen LogP contribution in [0.15, 0.2) is 109 Å². The lowest BCUT2D eigenvalue weighted by Crippen LogP contribution is -2.25. The number of rotatable bonds is 7. The van der Waals surface area contributed by atoms with E-state index in [1.807, 2.05) is 0 Å². The zero-order valence-electron chi connectivity index (χ0n) is 17.5. The van der Waals surface area contributed by atoms with Crippen molar-refractivity contribution >= 4 is 11.4 Å². The SMILES string of the molecule is Cc1ccc(NC(c2ccccc2)C(Nc2ccc(C)cc2)c2ccccc2)cc1. The van der Waals surface area contributed by atoms with Gasteiger partial charge in [0.15, 0.2) is 0 Å². The Kier molecular flexibility index (Phi) is 6.14. The smallest absolute Gasteiger partial charge is 0.0757 e. The molecule has 4 aromatic rings. The molecule has 0 saturated heterocycles. The van der Waals surface area contributed by atoms with E-state index in [9.17, 15) is 0 Å². The van der Waals surface area contributed by atoms with Gasteiger partial charge in [0.05, 0.1) is 12.1 Å². The Labute approximate surface area is 179 Å². The molecule has 2 nitrogen and oxygen atoms in total. The van der Waals surface area contributed by atoms with E-state index in [1.165, 1.54) is 22.3 Å². The molecule has 2 heteroatoms. The Morgan fingerprint density at radius 2 is 0.767 bits per heavy atom. The third kappa shape index (κ3) is 4.90. The Hall–Kier alpha value is -3.52. The van der Waals surface area contributed by atoms with Crippen LogP contribution in [0.1, 0.15) is 34.3 Å². The Bertz CT molecular complexity index is 950. The van der Waals surface area contributed by atoms with E-state index in [0.717, 1.165) is 11.4 Å². The summed E-state index contributed by atoms with van der Waals surface area (Å²) >= 11 is 0. The average Bonchev–Trinajstić information content (AvgIpc) is 2.80. The number of nitrogens with one attached hydrogen (secondary N) is 2. The second kappa shape index (κ2) is 9.32. The summed E-state index contributed by atoms with van der Waals surface area (Å²) in [5.74, 6) is 0. The van der Waals surface area contributed by atoms with Gasteiger partial charge < -0.3 is 10.6 Å². The molecule has 0 aliphatic carbocycles. The maximum atomic E-state index is 3.79. The van der Waals surface area contributed by atoms with Crippen LogP contribution >= 0.6 is 0 Å². The number of hydrogen-bond acceptors (Lipinski definition) is 2. The summed E-state index contributed by atoms with van der Waals surface area (Å²) in [4.78, 5) is 0. The topological polar surface area (TPSA) is 24.1 Å². The minimum atomic E-state index is 0.0533. The van der Waals surface area contributed by atoms with Crippen molar-refractivity contribution in [3.63, 3.8) is 0 Å². The first kappa shape index (κ1) is 19.8. The largest absolute Gasteiger partial charge is 0.376 e. The van der Waals surface area contributed by atoms with E-state index in [0.29, 0.717) is 0 Å². The van der Waals surface area contributed by atoms with Crippen LogP contribution < -0.4 is 10.6 Å². The molecule has 4 aromatic carbocycles. The van der Waals surface area contributed by atoms with Crippen molar-refractivity contribution in [1.82, 2.24) is 0 Å². The highest BCUT2D eigenvalue weighted by Gasteiger charge is 2.25. The summed E-state index contributed by atoms with van der Waals surface area (Å²) in [6.45, 7) is 4.23. The summed E-state index contributed by atoms with van der Waals surface area (Å²) in [7, 11) is 0. The van der Waals surface area contributed by atoms with Gasteiger partial charge in [0.2, 0.25) is 0 Å². The highest BCUT2D eigenvalue weighted by Crippen LogP contribution is 2.35. The molecule has 0 aliphatic heterocycles. The van der Waals surface area contributed by atoms with Crippen LogP contribution in [0, 0.1) is 13.8 Å². The maximum absolute atomic E-state index is 3.79. The van der Waals surface area contributed by atoms with Crippen molar-refractivity contribution in [2.45, 2.75) is 25.9 Å². The summed E-state index contributed by atoms with van der Waals surface area (Å²) in [6.07, 6.45) is 0. The molecule has 0 saturated carbocycles. The van der Waals surface area contributed by atoms with Crippen molar-refractivity contribution in [2.75, 3.05) is 10.6 Å². The van der Waals surface area contributed by atoms with Gasteiger partial charge in [-0.15, -0.1) is 0 Å². The molecule has 2 atom stereocenters. The standard InChI is InChI=1S/C28H28N2/c1-21-13-17-25(18-14-21)29-27(23-9-5-3-6-10-23)28(24-11-7-4-8-12-24)30-26-19-15-22(2)16-20-26/h3-20,27-30H,1-2H3. The molecule has 30 heavy (non-hydrogen) atoms. The lowest BCUT2D eigenvalue weighted by atomic mass is 9.92. The first-order valence-electron chi connectivity index (χ1n) is 10.5. The van der Waals surface area contributed by atoms with Gasteiger partial charge in [-0.05, 0) is 49.2 Å². The van der Waals surface area contributed by atoms with Gasteiger partial charge in [-0.25, -0.2) is 0 Å². The highest BCUT2D eigenvalue weighted by molar-refractivity contribution is 5.52. The molecule has 0 amide bonds. The molecule has 4 rings (SSSR count). The van der Waals surface area contributed by atoms with E-state index < -0.39 is 0 Å². The third-order valence-electron chi connectivity index (χ3n) is 5.40. The second-order valence-corrected chi connectivity index (χ2v) is 7.80. The number of hydrogen-bond donors (Lipinski definition) is 2. The molecule has 0 aromatic heterocycles. The molecule has 0 radical (unpaired) electrons. The lowest BCUT2D eigenvalue weighted by Gasteiger charge is -2.31. The van der Waals surface area contributed by atoms with Crippen molar-refractivity contribution in [1.29, 1.82) is 0 Å². The summed E-state index contributed by atoms with van der Waals surface area (Å²) in [6, 6.07) is 38.6. The summed E-state index contributed by atoms with van der Waals surface area (Å²) in [5.41, 5.74) is 7.23. The van der Waals surface area contributed by atoms with Gasteiger partial charge >= 0.3 is 0 Å². The molecule has 150 valence electrons. The summed E-state index contributed by atoms with van der Waals surface area (Å²) < 4.78 is 0. The van der Waals surface area contributed by atoms with Crippen LogP contribution in [0.25, 0.3) is 0 Å². The minimum Gasteiger partial charge on any atom is -0.376 e. The molecule has 0 spiro atoms. The molecular weight excluding hydrogens is 364 g/mol. The van der Waals surface area contributed by atoms with Crippen molar-refractivity contribution in [3.05, 3.63) is 131 Å². The Morgan fingerprint density at radius 3 is 1.10 bits per heavy atom. The first-order chi connectivity index (χ1) is 14.7. The fourth-order valence-electron chi connectivity index (χ4n) is 3.70. The van der Waals surface area contributed by atoms with Gasteiger partial charge in [-0.1, -0.05) is 96.1 Å². The van der Waals surface area contributed by atoms with Gasteiger partial charge in [0.1, 0.15) is 0 Å². The van der Waals surface area contributed by atoms with Crippen LogP contribution in [-0.4, -0.2) is 0 Å². The Balaban J connectivity index is 1.75. The predicted molar refractivity (Wildman–Crippen MR) is 128 cm³/mol. The fraction of sp³-hybridized carbons (Fsp3) is 0.143. The fourth-order valence-corrected chi connectivity index (χ4v) is 3.70. The van der Waals surface area contributed by atoms with Crippen LogP contribution in [0.4, 0.5) is 11.4 Å². The van der Waals surface area contributed by atoms with Crippen LogP contribution in [-0.2, 0) is 0 Å². The van der Waals surface area contributed by atoms with Gasteiger partial charge in [0, 0.05) is 11.4 Å². The van der Waals surface area contributed by atoms with E-state index in [2.05, 4.69) is 134 Å². The van der Waals surface area contributed by atoms with Crippen LogP contribution in [0.2, 0.25) is 0 Å². The molecular formula is C28H28N2. The Morgan fingerprint density at radius 1 is 0.433 bits per heavy atom. The lowest BCUT2D eigenvalue weighted by molar-refractivity contribution is 0.650. The zero-order chi connectivity index (χ0) is 20.8. The minimum absolute atomic E-state index is 0.0533. The van der Waals surface area contributed by atoms with Crippen LogP contribution in [0.3, 0.4) is 0 Å². The van der Waals surface area contributed by atoms with E-state index in [-0.39, 0.29) is 12.1 Å². The molecule has 0 aliphatic rings. The second-order valence-electron chi connectivity index (χ2n) is 7.80. The van der Waals surface area contributed by atoms with E-state index in [1.54, 1.807) is 0 Å². The van der Waals surface area contributed by atoms with Gasteiger partial charge in [-0.3, -0.25) is 0 Å². The van der Waals surface area contributed by atoms with Crippen molar-refractivity contribution in [2.24, 2.45) is 0 Å². The molecule has 2 N–H and O–H groups in total. The molecule has 0 heterocycles. The molecule has 0 bridgehead atoms. The zero-order valence-corrected chi connectivity index (χ0v) is 17.5. The van der Waals surface area contributed by atoms with E-state index in [4.69, 9.17) is 0 Å². The van der Waals surface area contributed by atoms with Crippen LogP contribution in [0.5, 0.6) is 0 Å². The third-order valence-corrected chi connectivity index (χ3v) is 5.40. The quantitative estimate of drug-likeness (QED) is 0.344.